The van der Waals surface area contributed by atoms with E-state index in [0.717, 1.165) is 25.9 Å². The van der Waals surface area contributed by atoms with E-state index in [9.17, 15) is 4.79 Å². The smallest absolute Gasteiger partial charge is 0.239 e. The average Bonchev–Trinajstić information content (AvgIpc) is 2.53. The number of rotatable bonds is 3. The van der Waals surface area contributed by atoms with E-state index in [2.05, 4.69) is 28.9 Å². The number of likely N-dealkylation sites (tertiary alicyclic amines) is 1. The summed E-state index contributed by atoms with van der Waals surface area (Å²) in [5, 5.41) is 3.87. The quantitative estimate of drug-likeness (QED) is 0.852. The Morgan fingerprint density at radius 2 is 2.22 bits per heavy atom. The fourth-order valence-corrected chi connectivity index (χ4v) is 4.27. The monoisotopic (exact) mass is 270 g/mol. The third-order valence-electron chi connectivity index (χ3n) is 4.19. The van der Waals surface area contributed by atoms with Gasteiger partial charge in [-0.05, 0) is 44.4 Å². The molecular formula is C14H26N2OS. The topological polar surface area (TPSA) is 32.3 Å². The van der Waals surface area contributed by atoms with Gasteiger partial charge in [-0.15, -0.1) is 0 Å². The minimum atomic E-state index is 0.0380. The maximum Gasteiger partial charge on any atom is 0.239 e. The number of nitrogens with zero attached hydrogens (tertiary/aromatic N) is 1. The normalized spacial score (nSPS) is 34.4. The van der Waals surface area contributed by atoms with E-state index in [4.69, 9.17) is 0 Å². The van der Waals surface area contributed by atoms with Gasteiger partial charge in [-0.3, -0.25) is 4.79 Å². The third kappa shape index (κ3) is 3.64. The van der Waals surface area contributed by atoms with Crippen LogP contribution in [0.2, 0.25) is 0 Å². The van der Waals surface area contributed by atoms with E-state index in [1.165, 1.54) is 25.0 Å². The molecule has 0 spiro atoms. The summed E-state index contributed by atoms with van der Waals surface area (Å²) in [6.45, 7) is 4.18. The van der Waals surface area contributed by atoms with E-state index in [1.54, 1.807) is 0 Å². The van der Waals surface area contributed by atoms with Crippen LogP contribution in [0.5, 0.6) is 0 Å². The molecule has 1 N–H and O–H groups in total. The van der Waals surface area contributed by atoms with Crippen molar-refractivity contribution in [1.29, 1.82) is 0 Å². The van der Waals surface area contributed by atoms with Gasteiger partial charge in [0, 0.05) is 18.3 Å². The molecule has 2 fully saturated rings. The van der Waals surface area contributed by atoms with Crippen molar-refractivity contribution in [3.05, 3.63) is 0 Å². The van der Waals surface area contributed by atoms with Gasteiger partial charge in [-0.25, -0.2) is 0 Å². The molecule has 0 aliphatic carbocycles. The first-order valence-electron chi connectivity index (χ1n) is 7.28. The summed E-state index contributed by atoms with van der Waals surface area (Å²) in [7, 11) is 1.91. The van der Waals surface area contributed by atoms with E-state index in [1.807, 2.05) is 7.05 Å². The number of carbonyl (C=O) groups excluding carboxylic acids is 1. The number of hydrogen-bond donors (Lipinski definition) is 1. The van der Waals surface area contributed by atoms with Crippen LogP contribution in [-0.2, 0) is 4.79 Å². The zero-order valence-corrected chi connectivity index (χ0v) is 12.5. The maximum atomic E-state index is 12.4. The molecule has 2 saturated heterocycles. The van der Waals surface area contributed by atoms with Crippen molar-refractivity contribution < 1.29 is 4.79 Å². The molecule has 18 heavy (non-hydrogen) atoms. The Labute approximate surface area is 115 Å². The molecule has 2 heterocycles. The molecule has 3 atom stereocenters. The lowest BCUT2D eigenvalue weighted by molar-refractivity contribution is -0.132. The first kappa shape index (κ1) is 14.2. The second kappa shape index (κ2) is 6.80. The molecule has 4 heteroatoms. The number of thioether (sulfide) groups is 1. The lowest BCUT2D eigenvalue weighted by atomic mass is 10.0. The van der Waals surface area contributed by atoms with Crippen LogP contribution in [0.3, 0.4) is 0 Å². The summed E-state index contributed by atoms with van der Waals surface area (Å²) in [5.74, 6) is 2.25. The van der Waals surface area contributed by atoms with E-state index < -0.39 is 0 Å². The second-order valence-electron chi connectivity index (χ2n) is 5.74. The second-order valence-corrected chi connectivity index (χ2v) is 7.15. The molecule has 0 bridgehead atoms. The van der Waals surface area contributed by atoms with Crippen molar-refractivity contribution in [3.8, 4) is 0 Å². The third-order valence-corrected chi connectivity index (χ3v) is 5.57. The molecule has 0 saturated carbocycles. The van der Waals surface area contributed by atoms with Gasteiger partial charge in [-0.2, -0.15) is 11.8 Å². The van der Waals surface area contributed by atoms with Crippen molar-refractivity contribution in [3.63, 3.8) is 0 Å². The predicted octanol–water partition coefficient (Wildman–Crippen LogP) is 2.12. The van der Waals surface area contributed by atoms with Gasteiger partial charge in [0.1, 0.15) is 0 Å². The number of carbonyl (C=O) groups is 1. The van der Waals surface area contributed by atoms with Crippen LogP contribution >= 0.6 is 11.8 Å². The number of amides is 1. The number of hydrogen-bond acceptors (Lipinski definition) is 3. The molecule has 2 aliphatic rings. The Balaban J connectivity index is 1.94. The van der Waals surface area contributed by atoms with Crippen LogP contribution < -0.4 is 5.32 Å². The average molecular weight is 270 g/mol. The minimum absolute atomic E-state index is 0.0380. The van der Waals surface area contributed by atoms with Gasteiger partial charge in [0.15, 0.2) is 0 Å². The zero-order valence-electron chi connectivity index (χ0n) is 11.7. The van der Waals surface area contributed by atoms with E-state index >= 15 is 0 Å². The summed E-state index contributed by atoms with van der Waals surface area (Å²) in [6, 6.07) is 0.0380. The highest BCUT2D eigenvalue weighted by atomic mass is 32.2. The van der Waals surface area contributed by atoms with Crippen LogP contribution in [0.4, 0.5) is 0 Å². The van der Waals surface area contributed by atoms with Gasteiger partial charge in [-0.1, -0.05) is 13.3 Å². The van der Waals surface area contributed by atoms with Crippen molar-refractivity contribution in [2.75, 3.05) is 25.9 Å². The Hall–Kier alpha value is -0.220. The summed E-state index contributed by atoms with van der Waals surface area (Å²) in [6.07, 6.45) is 6.12. The highest BCUT2D eigenvalue weighted by molar-refractivity contribution is 7.99. The molecule has 0 aromatic carbocycles. The van der Waals surface area contributed by atoms with Gasteiger partial charge >= 0.3 is 0 Å². The van der Waals surface area contributed by atoms with Gasteiger partial charge in [0.2, 0.25) is 5.91 Å². The minimum Gasteiger partial charge on any atom is -0.340 e. The van der Waals surface area contributed by atoms with Crippen molar-refractivity contribution in [2.24, 2.45) is 5.92 Å². The van der Waals surface area contributed by atoms with Gasteiger partial charge in [0.05, 0.1) is 6.04 Å². The highest BCUT2D eigenvalue weighted by Crippen LogP contribution is 2.27. The lowest BCUT2D eigenvalue weighted by Crippen LogP contribution is -2.46. The number of likely N-dealkylation sites (N-methyl/N-ethyl adjacent to an activating group) is 1. The van der Waals surface area contributed by atoms with Crippen molar-refractivity contribution in [1.82, 2.24) is 10.2 Å². The molecular weight excluding hydrogens is 244 g/mol. The zero-order chi connectivity index (χ0) is 13.0. The van der Waals surface area contributed by atoms with Crippen LogP contribution in [0.15, 0.2) is 0 Å². The molecule has 3 nitrogen and oxygen atoms in total. The highest BCUT2D eigenvalue weighted by Gasteiger charge is 2.30. The van der Waals surface area contributed by atoms with Crippen LogP contribution in [0, 0.1) is 5.92 Å². The fraction of sp³-hybridized carbons (Fsp3) is 0.929. The standard InChI is InChI=1S/C14H26N2OS/c1-11-6-7-16(14(17)13(9-11)15-2)10-12-5-3-4-8-18-12/h11-13,15H,3-10H2,1-2H3. The van der Waals surface area contributed by atoms with Crippen molar-refractivity contribution >= 4 is 17.7 Å². The summed E-state index contributed by atoms with van der Waals surface area (Å²) in [4.78, 5) is 14.6. The van der Waals surface area contributed by atoms with Crippen LogP contribution in [0.1, 0.15) is 39.0 Å². The number of nitrogens with one attached hydrogen (secondary N) is 1. The molecule has 2 aliphatic heterocycles. The SMILES string of the molecule is CNC1CC(C)CCN(CC2CCCCS2)C1=O. The Bertz CT molecular complexity index is 279. The first-order valence-corrected chi connectivity index (χ1v) is 8.33. The van der Waals surface area contributed by atoms with E-state index in [0.29, 0.717) is 17.1 Å². The van der Waals surface area contributed by atoms with E-state index in [-0.39, 0.29) is 6.04 Å². The van der Waals surface area contributed by atoms with Gasteiger partial charge in [0.25, 0.3) is 0 Å². The largest absolute Gasteiger partial charge is 0.340 e. The van der Waals surface area contributed by atoms with Gasteiger partial charge < -0.3 is 10.2 Å². The van der Waals surface area contributed by atoms with Crippen molar-refractivity contribution in [2.45, 2.75) is 50.3 Å². The van der Waals surface area contributed by atoms with Crippen LogP contribution in [-0.4, -0.2) is 48.0 Å². The predicted molar refractivity (Wildman–Crippen MR) is 77.9 cm³/mol. The molecule has 2 rings (SSSR count). The molecule has 104 valence electrons. The van der Waals surface area contributed by atoms with Crippen LogP contribution in [0.25, 0.3) is 0 Å². The Morgan fingerprint density at radius 3 is 2.89 bits per heavy atom. The first-order chi connectivity index (χ1) is 8.70. The molecule has 0 radical (unpaired) electrons. The molecule has 1 amide bonds. The Morgan fingerprint density at radius 1 is 1.39 bits per heavy atom. The summed E-state index contributed by atoms with van der Waals surface area (Å²) < 4.78 is 0. The molecule has 0 aromatic rings. The molecule has 3 unspecified atom stereocenters. The summed E-state index contributed by atoms with van der Waals surface area (Å²) >= 11 is 2.06. The Kier molecular flexibility index (Phi) is 5.37. The maximum absolute atomic E-state index is 12.4. The molecule has 0 aromatic heterocycles. The fourth-order valence-electron chi connectivity index (χ4n) is 2.95. The lowest BCUT2D eigenvalue weighted by Gasteiger charge is -2.30. The summed E-state index contributed by atoms with van der Waals surface area (Å²) in [5.41, 5.74) is 0.